The van der Waals surface area contributed by atoms with Gasteiger partial charge in [-0.25, -0.2) is 0 Å². The first kappa shape index (κ1) is 9.06. The Hall–Kier alpha value is -0.0700. The van der Waals surface area contributed by atoms with Gasteiger partial charge in [-0.05, 0) is 0 Å². The molecule has 0 bridgehead atoms. The number of hydrogen-bond donors (Lipinski definition) is 0. The van der Waals surface area contributed by atoms with Crippen molar-refractivity contribution in [3.8, 4) is 0 Å². The fraction of sp³-hybridized carbons (Fsp3) is 1.00. The van der Waals surface area contributed by atoms with Gasteiger partial charge in [0.15, 0.2) is 0 Å². The first-order valence-corrected chi connectivity index (χ1v) is 1.41. The summed E-state index contributed by atoms with van der Waals surface area (Å²) in [6, 6.07) is 0. The van der Waals surface area contributed by atoms with Crippen molar-refractivity contribution in [1.82, 2.24) is 0 Å². The van der Waals surface area contributed by atoms with Gasteiger partial charge in [-0.1, -0.05) is 20.3 Å². The minimum absolute atomic E-state index is 0. The Morgan fingerprint density at radius 1 is 1.25 bits per heavy atom. The van der Waals surface area contributed by atoms with E-state index in [0.29, 0.717) is 0 Å². The van der Waals surface area contributed by atoms with Crippen molar-refractivity contribution in [2.75, 3.05) is 0 Å². The second kappa shape index (κ2) is 12.6. The molecule has 0 aliphatic heterocycles. The maximum absolute atomic E-state index is 2.12. The van der Waals surface area contributed by atoms with Crippen LogP contribution in [0.25, 0.3) is 0 Å². The monoisotopic (exact) mass is 63.1 g/mol. The molecule has 0 spiro atoms. The Labute approximate surface area is 26.2 Å². The third-order valence-corrected chi connectivity index (χ3v) is 0. The van der Waals surface area contributed by atoms with Crippen LogP contribution in [-0.4, -0.2) is 0 Å². The number of halogens is 1. The Morgan fingerprint density at radius 3 is 1.25 bits per heavy atom. The van der Waals surface area contributed by atoms with E-state index in [1.165, 1.54) is 6.42 Å². The van der Waals surface area contributed by atoms with E-state index < -0.39 is 0 Å². The van der Waals surface area contributed by atoms with Crippen LogP contribution in [0.2, 0.25) is 0 Å². The van der Waals surface area contributed by atoms with Crippen LogP contribution >= 0.6 is 0 Å². The third kappa shape index (κ3) is 341. The molecule has 0 fully saturated rings. The van der Waals surface area contributed by atoms with Crippen LogP contribution in [-0.2, 0) is 0 Å². The van der Waals surface area contributed by atoms with Crippen molar-refractivity contribution in [2.45, 2.75) is 20.3 Å². The molecule has 0 saturated heterocycles. The summed E-state index contributed by atoms with van der Waals surface area (Å²) in [5.74, 6) is 0. The first-order chi connectivity index (χ1) is 1.41. The van der Waals surface area contributed by atoms with E-state index in [9.17, 15) is 0 Å². The van der Waals surface area contributed by atoms with E-state index in [2.05, 4.69) is 13.8 Å². The highest BCUT2D eigenvalue weighted by molar-refractivity contribution is 3.92. The highest BCUT2D eigenvalue weighted by atomic mass is 19.0. The zero-order valence-corrected chi connectivity index (χ0v) is 3.09. The summed E-state index contributed by atoms with van der Waals surface area (Å²) in [5, 5.41) is 0. The zero-order chi connectivity index (χ0) is 2.71. The summed E-state index contributed by atoms with van der Waals surface area (Å²) in [7, 11) is 0. The van der Waals surface area contributed by atoms with Gasteiger partial charge < -0.3 is 4.70 Å². The molecule has 28 valence electrons. The third-order valence-electron chi connectivity index (χ3n) is 0. The van der Waals surface area contributed by atoms with Gasteiger partial charge in [-0.3, -0.25) is 0 Å². The molecule has 0 unspecified atom stereocenters. The Morgan fingerprint density at radius 2 is 1.25 bits per heavy atom. The maximum Gasteiger partial charge on any atom is -0.0590 e. The van der Waals surface area contributed by atoms with Crippen LogP contribution in [0.15, 0.2) is 0 Å². The second-order valence-electron chi connectivity index (χ2n) is 0.707. The van der Waals surface area contributed by atoms with Gasteiger partial charge in [0.2, 0.25) is 0 Å². The SMILES string of the molecule is CCC.[F-]. The van der Waals surface area contributed by atoms with E-state index in [4.69, 9.17) is 0 Å². The molecule has 0 amide bonds. The lowest BCUT2D eigenvalue weighted by atomic mass is 10.6. The summed E-state index contributed by atoms with van der Waals surface area (Å²) < 4.78 is 0. The molecule has 0 rings (SSSR count). The molecule has 0 aliphatic carbocycles. The van der Waals surface area contributed by atoms with Crippen LogP contribution in [0.5, 0.6) is 0 Å². The zero-order valence-electron chi connectivity index (χ0n) is 3.09. The van der Waals surface area contributed by atoms with Gasteiger partial charge in [-0.2, -0.15) is 0 Å². The van der Waals surface area contributed by atoms with Crippen LogP contribution in [0.1, 0.15) is 20.3 Å². The van der Waals surface area contributed by atoms with Crippen molar-refractivity contribution in [2.24, 2.45) is 0 Å². The van der Waals surface area contributed by atoms with Gasteiger partial charge in [0, 0.05) is 0 Å². The van der Waals surface area contributed by atoms with Crippen LogP contribution in [0.4, 0.5) is 0 Å². The highest BCUT2D eigenvalue weighted by Gasteiger charge is 1.35. The predicted octanol–water partition coefficient (Wildman–Crippen LogP) is -1.58. The van der Waals surface area contributed by atoms with Gasteiger partial charge in [0.25, 0.3) is 0 Å². The number of rotatable bonds is 0. The molecule has 0 aliphatic rings. The van der Waals surface area contributed by atoms with Crippen LogP contribution in [0.3, 0.4) is 0 Å². The molecule has 0 nitrogen and oxygen atoms in total. The fourth-order valence-corrected chi connectivity index (χ4v) is 0. The quantitative estimate of drug-likeness (QED) is 0.318. The lowest BCUT2D eigenvalue weighted by Crippen LogP contribution is -3.00. The molecule has 0 atom stereocenters. The average Bonchev–Trinajstić information content (AvgIpc) is 0.918. The maximum atomic E-state index is 2.12. The average molecular weight is 63.1 g/mol. The van der Waals surface area contributed by atoms with E-state index in [0.717, 1.165) is 0 Å². The predicted molar refractivity (Wildman–Crippen MR) is 16.0 cm³/mol. The lowest BCUT2D eigenvalue weighted by Gasteiger charge is -1.48. The van der Waals surface area contributed by atoms with Crippen molar-refractivity contribution >= 4 is 0 Å². The molecular weight excluding hydrogens is 55.0 g/mol. The highest BCUT2D eigenvalue weighted by Crippen LogP contribution is 1.56. The molecule has 1 heteroatoms. The smallest absolute Gasteiger partial charge is 0.0590 e. The van der Waals surface area contributed by atoms with Gasteiger partial charge in [0.05, 0.1) is 0 Å². The summed E-state index contributed by atoms with van der Waals surface area (Å²) in [4.78, 5) is 0. The number of hydrogen-bond acceptors (Lipinski definition) is 0. The summed E-state index contributed by atoms with van der Waals surface area (Å²) >= 11 is 0. The van der Waals surface area contributed by atoms with Crippen molar-refractivity contribution in [1.29, 1.82) is 0 Å². The van der Waals surface area contributed by atoms with Gasteiger partial charge in [0.1, 0.15) is 0 Å². The van der Waals surface area contributed by atoms with Crippen LogP contribution in [0, 0.1) is 0 Å². The molecule has 0 saturated carbocycles. The Kier molecular flexibility index (Phi) is 28.6. The molecule has 0 aromatic carbocycles. The fourth-order valence-electron chi connectivity index (χ4n) is 0. The lowest BCUT2D eigenvalue weighted by molar-refractivity contribution is -0.000000822. The topological polar surface area (TPSA) is 0 Å². The first-order valence-electron chi connectivity index (χ1n) is 1.41. The minimum atomic E-state index is 0. The molecular formula is C3H8F-. The summed E-state index contributed by atoms with van der Waals surface area (Å²) in [6.45, 7) is 4.25. The van der Waals surface area contributed by atoms with Gasteiger partial charge >= 0.3 is 0 Å². The molecule has 0 radical (unpaired) electrons. The molecule has 0 aromatic heterocycles. The Bertz CT molecular complexity index is 3.25. The van der Waals surface area contributed by atoms with E-state index in [-0.39, 0.29) is 4.70 Å². The van der Waals surface area contributed by atoms with E-state index in [1.54, 1.807) is 0 Å². The van der Waals surface area contributed by atoms with E-state index in [1.807, 2.05) is 0 Å². The van der Waals surface area contributed by atoms with Crippen molar-refractivity contribution in [3.63, 3.8) is 0 Å². The normalized spacial score (nSPS) is 4.50. The summed E-state index contributed by atoms with van der Waals surface area (Å²) in [5.41, 5.74) is 0. The molecule has 4 heavy (non-hydrogen) atoms. The second-order valence-corrected chi connectivity index (χ2v) is 0.707. The van der Waals surface area contributed by atoms with Gasteiger partial charge in [-0.15, -0.1) is 0 Å². The standard InChI is InChI=1S/C3H8.FH/c1-3-2;/h3H2,1-2H3;1H/p-1. The van der Waals surface area contributed by atoms with E-state index >= 15 is 0 Å². The van der Waals surface area contributed by atoms with Crippen molar-refractivity contribution < 1.29 is 4.70 Å². The largest absolute Gasteiger partial charge is 1.00 e. The summed E-state index contributed by atoms with van der Waals surface area (Å²) in [6.07, 6.45) is 1.25. The molecule has 0 N–H and O–H groups in total. The van der Waals surface area contributed by atoms with Crippen LogP contribution < -0.4 is 4.70 Å². The molecule has 0 aromatic rings. The van der Waals surface area contributed by atoms with Crippen molar-refractivity contribution in [3.05, 3.63) is 0 Å². The Balaban J connectivity index is 0. The molecule has 0 heterocycles. The minimum Gasteiger partial charge on any atom is -1.00 e.